The van der Waals surface area contributed by atoms with Crippen LogP contribution in [0.25, 0.3) is 6.08 Å². The zero-order valence-electron chi connectivity index (χ0n) is 53.2. The normalized spacial score (nSPS) is 23.7. The number of rotatable bonds is 13. The Balaban J connectivity index is 2.71. The van der Waals surface area contributed by atoms with Crippen LogP contribution in [0.1, 0.15) is 121 Å². The number of likely N-dealkylation sites (N-methyl/N-ethyl adjacent to an activating group) is 7. The van der Waals surface area contributed by atoms with Gasteiger partial charge in [-0.2, -0.15) is 0 Å². The number of hydrogen-bond donors (Lipinski definition) is 4. The third kappa shape index (κ3) is 22.6. The molecule has 1 unspecified atom stereocenters. The summed E-state index contributed by atoms with van der Waals surface area (Å²) in [6.45, 7) is 18.4. The largest absolute Gasteiger partial charge is 0.427 e. The second-order valence-corrected chi connectivity index (χ2v) is 24.1. The smallest absolute Gasteiger partial charge is 0.308 e. The number of nitrogens with zero attached hydrogens (tertiary/aromatic N) is 7. The van der Waals surface area contributed by atoms with E-state index in [0.29, 0.717) is 12.2 Å². The lowest BCUT2D eigenvalue weighted by Gasteiger charge is -2.38. The van der Waals surface area contributed by atoms with Crippen LogP contribution in [0.15, 0.2) is 30.3 Å². The number of esters is 1. The van der Waals surface area contributed by atoms with Crippen LogP contribution in [0.4, 0.5) is 0 Å². The SMILES string of the molecule is CC(=O)Oc1ccc(/C=C/C[C@@H](C)CC2C(=O)NCC(=O)N(C)CC(=O)N(C)[C@@H](CC(C)C)C(=O)N[C@@H](C(C)C)C(=O)N(C)CC(=O)N[C@@H](C)C(=O)N[C@H](C)C(=O)N(C)[C@@H](CC(C)C)C(=O)N(C)[C@@H](CC(C)C)C(=O)N(C)CC(=O)N2C)cc1. The molecule has 1 aliphatic heterocycles. The number of ether oxygens (including phenoxy) is 1. The van der Waals surface area contributed by atoms with E-state index >= 15 is 0 Å². The number of benzene rings is 1. The standard InChI is InChI=1S/C60H97N11O13/c1-35(2)27-45-56(79)64-53(38(7)8)60(83)66(14)32-49(73)62-40(10)54(77)63-41(11)57(80)70(18)48(29-37(5)6)59(82)71(19)47(28-36(3)4)58(81)67(15)34-52(76)69(17)46(55(78)61-31-50(74)65(13)33-51(75)68(45)16)30-39(9)21-20-22-43-23-25-44(26-24-43)84-42(12)72/h20,22-26,35-41,45-48,53H,21,27-34H2,1-19H3,(H,61,78)(H,62,73)(H,63,77)(H,64,79)/b22-20+/t39-,40+,41-,45+,46?,47+,48+,53+/m1/s1. The van der Waals surface area contributed by atoms with Crippen LogP contribution in [-0.2, 0) is 57.5 Å². The Labute approximate surface area is 497 Å². The van der Waals surface area contributed by atoms with Crippen LogP contribution in [0.3, 0.4) is 0 Å². The minimum absolute atomic E-state index is 0.0979. The summed E-state index contributed by atoms with van der Waals surface area (Å²) in [5.41, 5.74) is 0.811. The van der Waals surface area contributed by atoms with Crippen LogP contribution >= 0.6 is 0 Å². The predicted octanol–water partition coefficient (Wildman–Crippen LogP) is 2.14. The Bertz CT molecular complexity index is 2520. The molecule has 11 amide bonds. The maximum atomic E-state index is 14.7. The minimum atomic E-state index is -1.20. The average molecular weight is 1180 g/mol. The van der Waals surface area contributed by atoms with Gasteiger partial charge in [0.1, 0.15) is 48.0 Å². The van der Waals surface area contributed by atoms with Gasteiger partial charge in [-0.3, -0.25) is 57.5 Å². The lowest BCUT2D eigenvalue weighted by molar-refractivity contribution is -0.152. The van der Waals surface area contributed by atoms with E-state index in [2.05, 4.69) is 21.3 Å². The van der Waals surface area contributed by atoms with E-state index < -0.39 is 145 Å². The molecule has 1 heterocycles. The van der Waals surface area contributed by atoms with Gasteiger partial charge in [-0.15, -0.1) is 0 Å². The zero-order chi connectivity index (χ0) is 64.2. The summed E-state index contributed by atoms with van der Waals surface area (Å²) < 4.78 is 5.13. The number of carbonyl (C=O) groups excluding carboxylic acids is 12. The van der Waals surface area contributed by atoms with Crippen molar-refractivity contribution in [3.8, 4) is 5.75 Å². The highest BCUT2D eigenvalue weighted by Crippen LogP contribution is 2.22. The predicted molar refractivity (Wildman–Crippen MR) is 318 cm³/mol. The second kappa shape index (κ2) is 33.8. The quantitative estimate of drug-likeness (QED) is 0.163. The van der Waals surface area contributed by atoms with Crippen molar-refractivity contribution in [2.75, 3.05) is 75.5 Å². The van der Waals surface area contributed by atoms with Gasteiger partial charge >= 0.3 is 5.97 Å². The molecule has 2 rings (SSSR count). The first-order valence-electron chi connectivity index (χ1n) is 28.9. The lowest BCUT2D eigenvalue weighted by Crippen LogP contribution is -2.59. The Morgan fingerprint density at radius 1 is 0.524 bits per heavy atom. The van der Waals surface area contributed by atoms with Crippen LogP contribution in [0.2, 0.25) is 0 Å². The van der Waals surface area contributed by atoms with E-state index in [9.17, 15) is 57.5 Å². The van der Waals surface area contributed by atoms with Gasteiger partial charge in [0.15, 0.2) is 0 Å². The number of carbonyl (C=O) groups is 12. The monoisotopic (exact) mass is 1180 g/mol. The van der Waals surface area contributed by atoms with Crippen molar-refractivity contribution in [2.24, 2.45) is 29.6 Å². The molecule has 1 aromatic carbocycles. The first kappa shape index (κ1) is 72.7. The summed E-state index contributed by atoms with van der Waals surface area (Å²) in [5.74, 6) is -8.36. The van der Waals surface area contributed by atoms with Gasteiger partial charge in [0.25, 0.3) is 0 Å². The fourth-order valence-corrected chi connectivity index (χ4v) is 9.50. The molecule has 470 valence electrons. The third-order valence-electron chi connectivity index (χ3n) is 14.7. The van der Waals surface area contributed by atoms with E-state index in [1.165, 1.54) is 94.6 Å². The van der Waals surface area contributed by atoms with Crippen molar-refractivity contribution >= 4 is 77.0 Å². The number of hydrogen-bond acceptors (Lipinski definition) is 13. The molecule has 1 aromatic rings. The molecule has 1 saturated heterocycles. The van der Waals surface area contributed by atoms with Gasteiger partial charge in [0, 0.05) is 56.3 Å². The lowest BCUT2D eigenvalue weighted by atomic mass is 9.96. The summed E-state index contributed by atoms with van der Waals surface area (Å²) >= 11 is 0. The molecule has 0 radical (unpaired) electrons. The van der Waals surface area contributed by atoms with Crippen molar-refractivity contribution in [1.29, 1.82) is 0 Å². The Kier molecular flexibility index (Phi) is 29.2. The van der Waals surface area contributed by atoms with Crippen molar-refractivity contribution in [2.45, 2.75) is 157 Å². The summed E-state index contributed by atoms with van der Waals surface area (Å²) in [4.78, 5) is 174. The molecule has 0 spiro atoms. The fraction of sp³-hybridized carbons (Fsp3) is 0.667. The number of allylic oxidation sites excluding steroid dienone is 1. The topological polar surface area (TPSA) is 285 Å². The molecule has 84 heavy (non-hydrogen) atoms. The Morgan fingerprint density at radius 2 is 1.00 bits per heavy atom. The Morgan fingerprint density at radius 3 is 1.51 bits per heavy atom. The molecule has 24 heteroatoms. The first-order chi connectivity index (χ1) is 39.0. The van der Waals surface area contributed by atoms with Crippen molar-refractivity contribution in [3.05, 3.63) is 35.9 Å². The van der Waals surface area contributed by atoms with Crippen LogP contribution in [0.5, 0.6) is 5.75 Å². The highest BCUT2D eigenvalue weighted by Gasteiger charge is 2.40. The molecule has 0 saturated carbocycles. The average Bonchev–Trinajstić information content (AvgIpc) is 3.17. The van der Waals surface area contributed by atoms with Crippen LogP contribution in [0, 0.1) is 29.6 Å². The van der Waals surface area contributed by atoms with E-state index in [4.69, 9.17) is 4.74 Å². The molecule has 0 aliphatic carbocycles. The van der Waals surface area contributed by atoms with E-state index in [0.717, 1.165) is 15.4 Å². The maximum absolute atomic E-state index is 14.7. The van der Waals surface area contributed by atoms with Gasteiger partial charge in [0.05, 0.1) is 26.2 Å². The van der Waals surface area contributed by atoms with Crippen molar-refractivity contribution in [1.82, 2.24) is 55.6 Å². The van der Waals surface area contributed by atoms with Gasteiger partial charge in [-0.05, 0) is 93.2 Å². The maximum Gasteiger partial charge on any atom is 0.308 e. The third-order valence-corrected chi connectivity index (χ3v) is 14.7. The fourth-order valence-electron chi connectivity index (χ4n) is 9.50. The summed E-state index contributed by atoms with van der Waals surface area (Å²) in [6.07, 6.45) is 4.80. The van der Waals surface area contributed by atoms with E-state index in [1.54, 1.807) is 38.1 Å². The van der Waals surface area contributed by atoms with E-state index in [1.807, 2.05) is 60.6 Å². The first-order valence-corrected chi connectivity index (χ1v) is 28.9. The zero-order valence-corrected chi connectivity index (χ0v) is 53.2. The number of nitrogens with one attached hydrogen (secondary N) is 4. The van der Waals surface area contributed by atoms with Crippen LogP contribution in [-0.4, -0.2) is 223 Å². The minimum Gasteiger partial charge on any atom is -0.427 e. The molecule has 0 bridgehead atoms. The highest BCUT2D eigenvalue weighted by molar-refractivity contribution is 5.98. The highest BCUT2D eigenvalue weighted by atomic mass is 16.5. The molecular formula is C60H97N11O13. The summed E-state index contributed by atoms with van der Waals surface area (Å²) in [6, 6.07) is -1.21. The molecular weight excluding hydrogens is 1080 g/mol. The van der Waals surface area contributed by atoms with Gasteiger partial charge in [-0.25, -0.2) is 0 Å². The Hall–Kier alpha value is -7.40. The molecule has 1 fully saturated rings. The van der Waals surface area contributed by atoms with Gasteiger partial charge in [0.2, 0.25) is 65.0 Å². The molecule has 0 aromatic heterocycles. The number of amides is 11. The molecule has 24 nitrogen and oxygen atoms in total. The van der Waals surface area contributed by atoms with Crippen LogP contribution < -0.4 is 26.0 Å². The molecule has 4 N–H and O–H groups in total. The molecule has 8 atom stereocenters. The summed E-state index contributed by atoms with van der Waals surface area (Å²) in [7, 11) is 9.83. The van der Waals surface area contributed by atoms with Gasteiger partial charge in [-0.1, -0.05) is 86.6 Å². The van der Waals surface area contributed by atoms with Gasteiger partial charge < -0.3 is 60.3 Å². The van der Waals surface area contributed by atoms with Crippen molar-refractivity contribution in [3.63, 3.8) is 0 Å². The van der Waals surface area contributed by atoms with E-state index in [-0.39, 0.29) is 49.4 Å². The van der Waals surface area contributed by atoms with Crippen molar-refractivity contribution < 1.29 is 62.3 Å². The second-order valence-electron chi connectivity index (χ2n) is 24.1. The summed E-state index contributed by atoms with van der Waals surface area (Å²) in [5, 5.41) is 10.6. The molecule has 1 aliphatic rings.